The van der Waals surface area contributed by atoms with Crippen LogP contribution in [0.1, 0.15) is 26.4 Å². The van der Waals surface area contributed by atoms with Crippen LogP contribution in [0.3, 0.4) is 0 Å². The zero-order valence-electron chi connectivity index (χ0n) is 14.2. The number of nitrogens with one attached hydrogen (secondary N) is 2. The highest BCUT2D eigenvalue weighted by atomic mass is 32.1. The van der Waals surface area contributed by atoms with E-state index in [2.05, 4.69) is 15.5 Å². The minimum atomic E-state index is -0.373. The van der Waals surface area contributed by atoms with Gasteiger partial charge < -0.3 is 5.32 Å². The fourth-order valence-electron chi connectivity index (χ4n) is 2.72. The number of rotatable bonds is 5. The molecule has 0 spiro atoms. The maximum atomic E-state index is 12.8. The van der Waals surface area contributed by atoms with Crippen LogP contribution in [0, 0.1) is 0 Å². The lowest BCUT2D eigenvalue weighted by Crippen LogP contribution is -2.15. The highest BCUT2D eigenvalue weighted by Gasteiger charge is 2.17. The molecule has 0 atom stereocenters. The van der Waals surface area contributed by atoms with Crippen molar-refractivity contribution in [3.63, 3.8) is 0 Å². The van der Waals surface area contributed by atoms with Crippen molar-refractivity contribution in [2.24, 2.45) is 0 Å². The zero-order chi connectivity index (χ0) is 18.6. The zero-order valence-corrected chi connectivity index (χ0v) is 15.0. The maximum absolute atomic E-state index is 12.8. The van der Waals surface area contributed by atoms with E-state index >= 15 is 0 Å². The van der Waals surface area contributed by atoms with Crippen LogP contribution in [0.25, 0.3) is 10.6 Å². The molecular weight excluding hydrogens is 358 g/mol. The summed E-state index contributed by atoms with van der Waals surface area (Å²) in [6.45, 7) is 0. The summed E-state index contributed by atoms with van der Waals surface area (Å²) in [5.74, 6) is -0.518. The van der Waals surface area contributed by atoms with Crippen LogP contribution in [0.4, 0.5) is 5.69 Å². The van der Waals surface area contributed by atoms with Crippen LogP contribution in [0.15, 0.2) is 78.2 Å². The van der Waals surface area contributed by atoms with Gasteiger partial charge in [-0.15, -0.1) is 11.3 Å². The third-order valence-electron chi connectivity index (χ3n) is 4.05. The Labute approximate surface area is 159 Å². The van der Waals surface area contributed by atoms with Crippen LogP contribution in [0.2, 0.25) is 0 Å². The van der Waals surface area contributed by atoms with Crippen molar-refractivity contribution < 1.29 is 9.59 Å². The molecule has 6 heteroatoms. The largest absolute Gasteiger partial charge is 0.320 e. The average molecular weight is 373 g/mol. The van der Waals surface area contributed by atoms with Crippen LogP contribution < -0.4 is 5.32 Å². The minimum Gasteiger partial charge on any atom is -0.320 e. The molecule has 2 heterocycles. The van der Waals surface area contributed by atoms with E-state index in [1.165, 1.54) is 0 Å². The van der Waals surface area contributed by atoms with E-state index in [4.69, 9.17) is 0 Å². The lowest BCUT2D eigenvalue weighted by molar-refractivity contribution is 0.102. The summed E-state index contributed by atoms with van der Waals surface area (Å²) in [5, 5.41) is 11.7. The second kappa shape index (κ2) is 7.39. The molecule has 0 aliphatic heterocycles. The quantitative estimate of drug-likeness (QED) is 0.501. The second-order valence-electron chi connectivity index (χ2n) is 5.84. The number of para-hydroxylation sites is 1. The number of ketones is 1. The predicted molar refractivity (Wildman–Crippen MR) is 106 cm³/mol. The third-order valence-corrected chi connectivity index (χ3v) is 4.96. The number of benzene rings is 2. The highest BCUT2D eigenvalue weighted by molar-refractivity contribution is 7.13. The van der Waals surface area contributed by atoms with E-state index < -0.39 is 0 Å². The van der Waals surface area contributed by atoms with Gasteiger partial charge in [-0.2, -0.15) is 5.10 Å². The summed E-state index contributed by atoms with van der Waals surface area (Å²) < 4.78 is 0. The van der Waals surface area contributed by atoms with Crippen LogP contribution in [-0.4, -0.2) is 21.9 Å². The lowest BCUT2D eigenvalue weighted by Gasteiger charge is -2.09. The van der Waals surface area contributed by atoms with E-state index in [-0.39, 0.29) is 17.4 Å². The molecule has 4 aromatic rings. The molecule has 27 heavy (non-hydrogen) atoms. The van der Waals surface area contributed by atoms with Gasteiger partial charge in [0.1, 0.15) is 0 Å². The Morgan fingerprint density at radius 2 is 1.70 bits per heavy atom. The molecule has 1 amide bonds. The van der Waals surface area contributed by atoms with Crippen LogP contribution >= 0.6 is 11.3 Å². The van der Waals surface area contributed by atoms with Gasteiger partial charge in [0.15, 0.2) is 11.5 Å². The SMILES string of the molecule is O=C(Nc1ccccc1C(=O)c1ccccc1)c1cc(-c2cccs2)[nH]n1. The third kappa shape index (κ3) is 3.56. The van der Waals surface area contributed by atoms with Gasteiger partial charge in [0, 0.05) is 11.1 Å². The molecule has 0 saturated heterocycles. The van der Waals surface area contributed by atoms with Gasteiger partial charge in [0.25, 0.3) is 5.91 Å². The van der Waals surface area contributed by atoms with Crippen molar-refractivity contribution in [2.45, 2.75) is 0 Å². The van der Waals surface area contributed by atoms with Crippen molar-refractivity contribution >= 4 is 28.7 Å². The number of hydrogen-bond acceptors (Lipinski definition) is 4. The first kappa shape index (κ1) is 16.9. The van der Waals surface area contributed by atoms with Crippen molar-refractivity contribution in [3.05, 3.63) is 95.0 Å². The number of hydrogen-bond donors (Lipinski definition) is 2. The van der Waals surface area contributed by atoms with Gasteiger partial charge >= 0.3 is 0 Å². The van der Waals surface area contributed by atoms with E-state index in [0.29, 0.717) is 16.8 Å². The van der Waals surface area contributed by atoms with Crippen molar-refractivity contribution in [3.8, 4) is 10.6 Å². The summed E-state index contributed by atoms with van der Waals surface area (Å²) in [4.78, 5) is 26.4. The first-order valence-electron chi connectivity index (χ1n) is 8.32. The molecule has 0 aliphatic carbocycles. The Hall–Kier alpha value is -3.51. The van der Waals surface area contributed by atoms with Gasteiger partial charge in [0.05, 0.1) is 16.3 Å². The second-order valence-corrected chi connectivity index (χ2v) is 6.79. The van der Waals surface area contributed by atoms with E-state index in [0.717, 1.165) is 10.6 Å². The summed E-state index contributed by atoms with van der Waals surface area (Å²) in [5.41, 5.74) is 2.51. The fourth-order valence-corrected chi connectivity index (χ4v) is 3.41. The highest BCUT2D eigenvalue weighted by Crippen LogP contribution is 2.24. The minimum absolute atomic E-state index is 0.146. The Morgan fingerprint density at radius 3 is 2.48 bits per heavy atom. The van der Waals surface area contributed by atoms with Gasteiger partial charge in [-0.1, -0.05) is 48.5 Å². The van der Waals surface area contributed by atoms with E-state index in [9.17, 15) is 9.59 Å². The molecular formula is C21H15N3O2S. The van der Waals surface area contributed by atoms with Crippen molar-refractivity contribution in [2.75, 3.05) is 5.32 Å². The standard InChI is InChI=1S/C21H15N3O2S/c25-20(14-7-2-1-3-8-14)15-9-4-5-10-16(15)22-21(26)18-13-17(23-24-18)19-11-6-12-27-19/h1-13H,(H,22,26)(H,23,24). The van der Waals surface area contributed by atoms with Crippen LogP contribution in [0.5, 0.6) is 0 Å². The molecule has 0 aliphatic rings. The Balaban J connectivity index is 1.58. The average Bonchev–Trinajstić information content (AvgIpc) is 3.40. The van der Waals surface area contributed by atoms with Gasteiger partial charge in [-0.25, -0.2) is 0 Å². The monoisotopic (exact) mass is 373 g/mol. The summed E-state index contributed by atoms with van der Waals surface area (Å²) in [6, 6.07) is 21.5. The summed E-state index contributed by atoms with van der Waals surface area (Å²) in [7, 11) is 0. The molecule has 2 aromatic carbocycles. The number of carbonyl (C=O) groups excluding carboxylic acids is 2. The molecule has 0 unspecified atom stereocenters. The predicted octanol–water partition coefficient (Wildman–Crippen LogP) is 4.62. The number of aromatic amines is 1. The molecule has 0 bridgehead atoms. The summed E-state index contributed by atoms with van der Waals surface area (Å²) in [6.07, 6.45) is 0. The molecule has 2 aromatic heterocycles. The molecule has 0 saturated carbocycles. The number of amides is 1. The lowest BCUT2D eigenvalue weighted by atomic mass is 10.0. The topological polar surface area (TPSA) is 74.8 Å². The molecule has 4 rings (SSSR count). The normalized spacial score (nSPS) is 10.5. The number of aromatic nitrogens is 2. The van der Waals surface area contributed by atoms with Crippen molar-refractivity contribution in [1.29, 1.82) is 0 Å². The first-order valence-corrected chi connectivity index (χ1v) is 9.20. The molecule has 0 fully saturated rings. The Morgan fingerprint density at radius 1 is 0.926 bits per heavy atom. The summed E-state index contributed by atoms with van der Waals surface area (Å²) >= 11 is 1.56. The van der Waals surface area contributed by atoms with Gasteiger partial charge in [-0.3, -0.25) is 14.7 Å². The maximum Gasteiger partial charge on any atom is 0.276 e. The first-order chi connectivity index (χ1) is 13.2. The smallest absolute Gasteiger partial charge is 0.276 e. The van der Waals surface area contributed by atoms with Crippen molar-refractivity contribution in [1.82, 2.24) is 10.2 Å². The van der Waals surface area contributed by atoms with E-state index in [1.807, 2.05) is 35.7 Å². The number of anilines is 1. The number of carbonyl (C=O) groups is 2. The fraction of sp³-hybridized carbons (Fsp3) is 0. The number of thiophene rings is 1. The number of H-pyrrole nitrogens is 1. The number of nitrogens with zero attached hydrogens (tertiary/aromatic N) is 1. The molecule has 0 radical (unpaired) electrons. The Bertz CT molecular complexity index is 1090. The molecule has 2 N–H and O–H groups in total. The molecule has 5 nitrogen and oxygen atoms in total. The Kier molecular flexibility index (Phi) is 4.63. The van der Waals surface area contributed by atoms with Crippen LogP contribution in [-0.2, 0) is 0 Å². The van der Waals surface area contributed by atoms with Gasteiger partial charge in [0.2, 0.25) is 0 Å². The van der Waals surface area contributed by atoms with Gasteiger partial charge in [-0.05, 0) is 29.6 Å². The van der Waals surface area contributed by atoms with E-state index in [1.54, 1.807) is 53.8 Å². The molecule has 132 valence electrons.